The van der Waals surface area contributed by atoms with Crippen molar-refractivity contribution in [3.63, 3.8) is 0 Å². The summed E-state index contributed by atoms with van der Waals surface area (Å²) in [4.78, 5) is 4.34. The molecule has 0 aliphatic carbocycles. The monoisotopic (exact) mass is 460 g/mol. The Bertz CT molecular complexity index is 1310. The molecule has 3 aliphatic heterocycles. The molecule has 2 aromatic carbocycles. The van der Waals surface area contributed by atoms with Gasteiger partial charge in [0.15, 0.2) is 11.5 Å². The van der Waals surface area contributed by atoms with Crippen LogP contribution >= 0.6 is 0 Å². The quantitative estimate of drug-likeness (QED) is 0.553. The Labute approximate surface area is 197 Å². The lowest BCUT2D eigenvalue weighted by Crippen LogP contribution is -2.58. The number of fused-ring (bicyclic) bond motifs is 2. The molecular weight excluding hydrogens is 433 g/mol. The van der Waals surface area contributed by atoms with E-state index in [0.717, 1.165) is 66.6 Å². The number of halogens is 1. The molecule has 6 rings (SSSR count). The fourth-order valence-corrected chi connectivity index (χ4v) is 5.03. The number of amidine groups is 1. The highest BCUT2D eigenvalue weighted by Crippen LogP contribution is 2.42. The maximum Gasteiger partial charge on any atom is 0.298 e. The first-order valence-corrected chi connectivity index (χ1v) is 11.6. The van der Waals surface area contributed by atoms with Crippen molar-refractivity contribution < 1.29 is 18.4 Å². The SMILES string of the molecule is Cc1cn(-c2ccc(C=C3CCCN4C3=[N+](C)CCN4c3ccc(F)cc3)c3c2OCO3)cn1. The Balaban J connectivity index is 1.38. The molecule has 3 aliphatic rings. The molecule has 174 valence electrons. The highest BCUT2D eigenvalue weighted by Gasteiger charge is 2.39. The van der Waals surface area contributed by atoms with Crippen molar-refractivity contribution in [1.29, 1.82) is 0 Å². The fraction of sp³-hybridized carbons (Fsp3) is 0.308. The van der Waals surface area contributed by atoms with E-state index >= 15 is 0 Å². The average Bonchev–Trinajstić information content (AvgIpc) is 3.50. The first-order chi connectivity index (χ1) is 16.6. The van der Waals surface area contributed by atoms with Gasteiger partial charge in [0.2, 0.25) is 6.79 Å². The maximum absolute atomic E-state index is 13.5. The summed E-state index contributed by atoms with van der Waals surface area (Å²) < 4.78 is 29.6. The molecule has 0 saturated carbocycles. The van der Waals surface area contributed by atoms with Crippen LogP contribution in [0.2, 0.25) is 0 Å². The molecule has 0 amide bonds. The van der Waals surface area contributed by atoms with Crippen LogP contribution < -0.4 is 14.5 Å². The summed E-state index contributed by atoms with van der Waals surface area (Å²) in [6.45, 7) is 4.83. The molecule has 0 unspecified atom stereocenters. The fourth-order valence-electron chi connectivity index (χ4n) is 5.03. The smallest absolute Gasteiger partial charge is 0.298 e. The Morgan fingerprint density at radius 3 is 2.65 bits per heavy atom. The predicted octanol–water partition coefficient (Wildman–Crippen LogP) is 4.00. The van der Waals surface area contributed by atoms with Crippen molar-refractivity contribution in [2.75, 3.05) is 38.5 Å². The number of imidazole rings is 1. The highest BCUT2D eigenvalue weighted by molar-refractivity contribution is 6.01. The van der Waals surface area contributed by atoms with Crippen LogP contribution in [0.1, 0.15) is 24.1 Å². The summed E-state index contributed by atoms with van der Waals surface area (Å²) in [5.41, 5.74) is 5.13. The summed E-state index contributed by atoms with van der Waals surface area (Å²) in [5, 5.41) is 4.59. The van der Waals surface area contributed by atoms with Gasteiger partial charge >= 0.3 is 0 Å². The van der Waals surface area contributed by atoms with Crippen LogP contribution in [0.5, 0.6) is 11.5 Å². The van der Waals surface area contributed by atoms with Crippen molar-refractivity contribution in [3.05, 3.63) is 71.6 Å². The zero-order chi connectivity index (χ0) is 23.2. The average molecular weight is 461 g/mol. The minimum absolute atomic E-state index is 0.205. The molecule has 0 bridgehead atoms. The van der Waals surface area contributed by atoms with Gasteiger partial charge in [0.05, 0.1) is 37.0 Å². The van der Waals surface area contributed by atoms with E-state index in [-0.39, 0.29) is 12.6 Å². The molecule has 3 aromatic rings. The van der Waals surface area contributed by atoms with Gasteiger partial charge in [0.1, 0.15) is 18.9 Å². The van der Waals surface area contributed by atoms with Gasteiger partial charge in [0, 0.05) is 17.3 Å². The normalized spacial score (nSPS) is 18.6. The van der Waals surface area contributed by atoms with E-state index < -0.39 is 0 Å². The van der Waals surface area contributed by atoms with Gasteiger partial charge < -0.3 is 14.0 Å². The van der Waals surface area contributed by atoms with E-state index in [0.29, 0.717) is 0 Å². The van der Waals surface area contributed by atoms with Crippen LogP contribution in [-0.4, -0.2) is 58.4 Å². The Morgan fingerprint density at radius 1 is 1.03 bits per heavy atom. The highest BCUT2D eigenvalue weighted by atomic mass is 19.1. The topological polar surface area (TPSA) is 45.8 Å². The first-order valence-electron chi connectivity index (χ1n) is 11.6. The molecule has 4 heterocycles. The second-order valence-electron chi connectivity index (χ2n) is 8.90. The van der Waals surface area contributed by atoms with Crippen molar-refractivity contribution in [3.8, 4) is 17.2 Å². The molecular formula is C26H27FN5O2+. The van der Waals surface area contributed by atoms with Gasteiger partial charge in [-0.05, 0) is 62.2 Å². The maximum atomic E-state index is 13.5. The zero-order valence-electron chi connectivity index (χ0n) is 19.4. The lowest BCUT2D eigenvalue weighted by atomic mass is 9.99. The third kappa shape index (κ3) is 3.50. The molecule has 7 nitrogen and oxygen atoms in total. The van der Waals surface area contributed by atoms with Gasteiger partial charge in [0.25, 0.3) is 5.84 Å². The zero-order valence-corrected chi connectivity index (χ0v) is 19.4. The van der Waals surface area contributed by atoms with Crippen LogP contribution in [0.3, 0.4) is 0 Å². The van der Waals surface area contributed by atoms with E-state index in [1.54, 1.807) is 6.33 Å². The number of aryl methyl sites for hydroxylation is 1. The largest absolute Gasteiger partial charge is 0.453 e. The van der Waals surface area contributed by atoms with Crippen LogP contribution in [0.4, 0.5) is 10.1 Å². The minimum atomic E-state index is -0.216. The van der Waals surface area contributed by atoms with E-state index in [1.165, 1.54) is 23.5 Å². The molecule has 1 saturated heterocycles. The number of rotatable bonds is 3. The lowest BCUT2D eigenvalue weighted by Gasteiger charge is -2.39. The van der Waals surface area contributed by atoms with E-state index in [9.17, 15) is 4.39 Å². The second kappa shape index (κ2) is 8.20. The van der Waals surface area contributed by atoms with Gasteiger partial charge in [-0.15, -0.1) is 0 Å². The van der Waals surface area contributed by atoms with Crippen LogP contribution in [0.25, 0.3) is 11.8 Å². The second-order valence-corrected chi connectivity index (χ2v) is 8.90. The third-order valence-corrected chi connectivity index (χ3v) is 6.62. The van der Waals surface area contributed by atoms with Gasteiger partial charge in [-0.25, -0.2) is 14.4 Å². The van der Waals surface area contributed by atoms with Crippen LogP contribution in [-0.2, 0) is 0 Å². The molecule has 0 atom stereocenters. The lowest BCUT2D eigenvalue weighted by molar-refractivity contribution is -0.505. The molecule has 8 heteroatoms. The van der Waals surface area contributed by atoms with Crippen LogP contribution in [0.15, 0.2) is 54.5 Å². The molecule has 0 N–H and O–H groups in total. The number of hydrogen-bond donors (Lipinski definition) is 0. The van der Waals surface area contributed by atoms with Crippen LogP contribution in [0, 0.1) is 12.7 Å². The number of piperidine rings is 1. The predicted molar refractivity (Wildman–Crippen MR) is 128 cm³/mol. The van der Waals surface area contributed by atoms with E-state index in [4.69, 9.17) is 9.47 Å². The third-order valence-electron chi connectivity index (χ3n) is 6.62. The number of likely N-dealkylation sites (N-methyl/N-ethyl adjacent to an activating group) is 1. The Morgan fingerprint density at radius 2 is 1.85 bits per heavy atom. The summed E-state index contributed by atoms with van der Waals surface area (Å²) >= 11 is 0. The Hall–Kier alpha value is -3.81. The van der Waals surface area contributed by atoms with Gasteiger partial charge in [-0.1, -0.05) is 0 Å². The number of ether oxygens (including phenoxy) is 2. The van der Waals surface area contributed by atoms with Crippen molar-refractivity contribution >= 4 is 17.6 Å². The number of anilines is 1. The van der Waals surface area contributed by atoms with E-state index in [1.807, 2.05) is 29.8 Å². The first kappa shape index (κ1) is 20.8. The molecule has 0 radical (unpaired) electrons. The van der Waals surface area contributed by atoms with Crippen molar-refractivity contribution in [1.82, 2.24) is 14.6 Å². The van der Waals surface area contributed by atoms with E-state index in [2.05, 4.69) is 44.8 Å². The molecule has 1 fully saturated rings. The summed E-state index contributed by atoms with van der Waals surface area (Å²) in [6.07, 6.45) is 8.01. The van der Waals surface area contributed by atoms with Crippen molar-refractivity contribution in [2.45, 2.75) is 19.8 Å². The number of hydrogen-bond acceptors (Lipinski definition) is 5. The standard InChI is InChI=1S/C26H27FN5O2/c1-18-15-30(16-28-18)23-10-5-19(24-25(23)34-17-33-24)14-20-4-3-11-32-26(20)29(2)12-13-31(32)22-8-6-21(27)7-9-22/h5-10,14-16H,3-4,11-13,17H2,1-2H3/q+1. The summed E-state index contributed by atoms with van der Waals surface area (Å²) in [6, 6.07) is 10.9. The minimum Gasteiger partial charge on any atom is -0.453 e. The molecule has 0 spiro atoms. The van der Waals surface area contributed by atoms with Gasteiger partial charge in [-0.3, -0.25) is 4.58 Å². The number of aromatic nitrogens is 2. The Kier molecular flexibility index (Phi) is 5.01. The number of benzene rings is 2. The molecule has 1 aromatic heterocycles. The summed E-state index contributed by atoms with van der Waals surface area (Å²) in [7, 11) is 2.14. The van der Waals surface area contributed by atoms with Crippen molar-refractivity contribution in [2.24, 2.45) is 0 Å². The summed E-state index contributed by atoms with van der Waals surface area (Å²) in [5.74, 6) is 2.48. The number of hydrazine groups is 1. The number of nitrogens with zero attached hydrogens (tertiary/aromatic N) is 5. The molecule has 34 heavy (non-hydrogen) atoms. The van der Waals surface area contributed by atoms with Gasteiger partial charge in [-0.2, -0.15) is 5.01 Å².